The number of unbranched alkanes of at least 4 members (excludes halogenated alkanes) is 1. The average Bonchev–Trinajstić information content (AvgIpc) is 2.77. The predicted octanol–water partition coefficient (Wildman–Crippen LogP) is 6.23. The van der Waals surface area contributed by atoms with E-state index in [-0.39, 0.29) is 24.8 Å². The zero-order valence-corrected chi connectivity index (χ0v) is 19.6. The van der Waals surface area contributed by atoms with Crippen LogP contribution in [-0.4, -0.2) is 42.6 Å². The third-order valence-corrected chi connectivity index (χ3v) is 5.91. The first-order valence-electron chi connectivity index (χ1n) is 10.7. The number of likely N-dealkylation sites (N-methyl/N-ethyl adjacent to an activating group) is 1. The van der Waals surface area contributed by atoms with Gasteiger partial charge in [-0.2, -0.15) is 0 Å². The van der Waals surface area contributed by atoms with Gasteiger partial charge in [-0.05, 0) is 36.4 Å². The smallest absolute Gasteiger partial charge is 0.137 e. The van der Waals surface area contributed by atoms with E-state index < -0.39 is 0 Å². The fourth-order valence-electron chi connectivity index (χ4n) is 4.07. The standard InChI is InChI=1S/C25H31N3.2ClH/c1-3-5-8-20-11-13-21(14-12-20)24-19-22-9-6-7-10-23(22)25(26-24)28-17-15-27(4-2)16-18-28;;/h6-7,9-14,19H,3-5,8,15-18H2,1-2H3;2*1H. The summed E-state index contributed by atoms with van der Waals surface area (Å²) in [6.07, 6.45) is 3.65. The van der Waals surface area contributed by atoms with E-state index in [0.29, 0.717) is 0 Å². The van der Waals surface area contributed by atoms with Crippen LogP contribution >= 0.6 is 24.8 Å². The molecule has 0 bridgehead atoms. The van der Waals surface area contributed by atoms with Gasteiger partial charge in [-0.1, -0.05) is 68.8 Å². The van der Waals surface area contributed by atoms with Crippen LogP contribution in [0, 0.1) is 0 Å². The van der Waals surface area contributed by atoms with Gasteiger partial charge in [0.25, 0.3) is 0 Å². The second-order valence-electron chi connectivity index (χ2n) is 7.77. The van der Waals surface area contributed by atoms with Gasteiger partial charge in [-0.15, -0.1) is 24.8 Å². The van der Waals surface area contributed by atoms with Gasteiger partial charge in [-0.25, -0.2) is 4.98 Å². The summed E-state index contributed by atoms with van der Waals surface area (Å²) >= 11 is 0. The fraction of sp³-hybridized carbons (Fsp3) is 0.400. The van der Waals surface area contributed by atoms with Crippen LogP contribution in [0.2, 0.25) is 0 Å². The SMILES string of the molecule is CCCCc1ccc(-c2cc3ccccc3c(N3CCN(CC)CC3)n2)cc1.Cl.Cl. The minimum atomic E-state index is 0. The second kappa shape index (κ2) is 11.5. The van der Waals surface area contributed by atoms with Crippen molar-refractivity contribution in [2.24, 2.45) is 0 Å². The number of rotatable bonds is 6. The monoisotopic (exact) mass is 445 g/mol. The number of benzene rings is 2. The van der Waals surface area contributed by atoms with Crippen LogP contribution in [0.4, 0.5) is 5.82 Å². The molecule has 0 atom stereocenters. The van der Waals surface area contributed by atoms with E-state index in [1.165, 1.54) is 34.7 Å². The van der Waals surface area contributed by atoms with Crippen LogP contribution in [0.15, 0.2) is 54.6 Å². The quantitative estimate of drug-likeness (QED) is 0.448. The Morgan fingerprint density at radius 1 is 0.867 bits per heavy atom. The first-order valence-corrected chi connectivity index (χ1v) is 10.7. The number of aromatic nitrogens is 1. The molecule has 1 aromatic heterocycles. The fourth-order valence-corrected chi connectivity index (χ4v) is 4.07. The number of nitrogens with zero attached hydrogens (tertiary/aromatic N) is 3. The molecule has 0 radical (unpaired) electrons. The Hall–Kier alpha value is -1.81. The summed E-state index contributed by atoms with van der Waals surface area (Å²) in [5.74, 6) is 1.14. The molecule has 3 nitrogen and oxygen atoms in total. The number of piperazine rings is 1. The molecule has 30 heavy (non-hydrogen) atoms. The maximum absolute atomic E-state index is 5.14. The lowest BCUT2D eigenvalue weighted by molar-refractivity contribution is 0.271. The maximum Gasteiger partial charge on any atom is 0.137 e. The van der Waals surface area contributed by atoms with E-state index in [1.807, 2.05) is 0 Å². The highest BCUT2D eigenvalue weighted by molar-refractivity contribution is 5.95. The molecule has 1 fully saturated rings. The van der Waals surface area contributed by atoms with E-state index in [1.54, 1.807) is 0 Å². The number of hydrogen-bond acceptors (Lipinski definition) is 3. The summed E-state index contributed by atoms with van der Waals surface area (Å²) in [6.45, 7) is 9.94. The Morgan fingerprint density at radius 3 is 2.23 bits per heavy atom. The Morgan fingerprint density at radius 2 is 1.57 bits per heavy atom. The zero-order chi connectivity index (χ0) is 19.3. The topological polar surface area (TPSA) is 19.4 Å². The molecule has 3 aromatic rings. The predicted molar refractivity (Wildman–Crippen MR) is 135 cm³/mol. The molecule has 0 unspecified atom stereocenters. The summed E-state index contributed by atoms with van der Waals surface area (Å²) < 4.78 is 0. The molecule has 0 amide bonds. The largest absolute Gasteiger partial charge is 0.354 e. The van der Waals surface area contributed by atoms with Gasteiger partial charge in [0.05, 0.1) is 5.69 Å². The molecule has 1 saturated heterocycles. The van der Waals surface area contributed by atoms with Crippen molar-refractivity contribution in [2.45, 2.75) is 33.1 Å². The summed E-state index contributed by atoms with van der Waals surface area (Å²) in [5, 5.41) is 2.53. The molecule has 5 heteroatoms. The highest BCUT2D eigenvalue weighted by Crippen LogP contribution is 2.31. The van der Waals surface area contributed by atoms with Crippen molar-refractivity contribution in [3.05, 3.63) is 60.2 Å². The molecule has 0 spiro atoms. The number of anilines is 1. The third-order valence-electron chi connectivity index (χ3n) is 5.91. The van der Waals surface area contributed by atoms with Gasteiger partial charge in [0.1, 0.15) is 5.82 Å². The molecule has 0 N–H and O–H groups in total. The van der Waals surface area contributed by atoms with Crippen LogP contribution in [0.3, 0.4) is 0 Å². The summed E-state index contributed by atoms with van der Waals surface area (Å²) in [6, 6.07) is 19.9. The van der Waals surface area contributed by atoms with Crippen molar-refractivity contribution in [1.82, 2.24) is 9.88 Å². The molecule has 1 aliphatic rings. The minimum absolute atomic E-state index is 0. The molecule has 2 aromatic carbocycles. The van der Waals surface area contributed by atoms with E-state index >= 15 is 0 Å². The number of halogens is 2. The molecule has 162 valence electrons. The first-order chi connectivity index (χ1) is 13.8. The van der Waals surface area contributed by atoms with E-state index in [0.717, 1.165) is 50.7 Å². The van der Waals surface area contributed by atoms with Crippen LogP contribution in [0.5, 0.6) is 0 Å². The van der Waals surface area contributed by atoms with Gasteiger partial charge in [0.15, 0.2) is 0 Å². The first kappa shape index (κ1) is 24.5. The number of fused-ring (bicyclic) bond motifs is 1. The molecule has 0 aliphatic carbocycles. The Balaban J connectivity index is 0.00000160. The van der Waals surface area contributed by atoms with Crippen LogP contribution in [0.1, 0.15) is 32.3 Å². The van der Waals surface area contributed by atoms with Crippen LogP contribution in [-0.2, 0) is 6.42 Å². The van der Waals surface area contributed by atoms with Gasteiger partial charge >= 0.3 is 0 Å². The van der Waals surface area contributed by atoms with Crippen molar-refractivity contribution < 1.29 is 0 Å². The number of pyridine rings is 1. The third kappa shape index (κ3) is 5.46. The van der Waals surface area contributed by atoms with Crippen molar-refractivity contribution in [3.8, 4) is 11.3 Å². The Labute approximate surface area is 193 Å². The van der Waals surface area contributed by atoms with E-state index in [4.69, 9.17) is 4.98 Å². The van der Waals surface area contributed by atoms with Crippen molar-refractivity contribution in [3.63, 3.8) is 0 Å². The minimum Gasteiger partial charge on any atom is -0.354 e. The van der Waals surface area contributed by atoms with Gasteiger partial charge < -0.3 is 9.80 Å². The Bertz CT molecular complexity index is 919. The normalized spacial score (nSPS) is 14.3. The highest BCUT2D eigenvalue weighted by atomic mass is 35.5. The highest BCUT2D eigenvalue weighted by Gasteiger charge is 2.19. The lowest BCUT2D eigenvalue weighted by Crippen LogP contribution is -2.46. The van der Waals surface area contributed by atoms with Crippen molar-refractivity contribution in [1.29, 1.82) is 0 Å². The maximum atomic E-state index is 5.14. The second-order valence-corrected chi connectivity index (χ2v) is 7.77. The molecular formula is C25H33Cl2N3. The van der Waals surface area contributed by atoms with Crippen molar-refractivity contribution in [2.75, 3.05) is 37.6 Å². The molecule has 4 rings (SSSR count). The van der Waals surface area contributed by atoms with Crippen molar-refractivity contribution >= 4 is 41.4 Å². The van der Waals surface area contributed by atoms with E-state index in [2.05, 4.69) is 78.2 Å². The average molecular weight is 446 g/mol. The van der Waals surface area contributed by atoms with Gasteiger partial charge in [-0.3, -0.25) is 0 Å². The number of hydrogen-bond donors (Lipinski definition) is 0. The van der Waals surface area contributed by atoms with Crippen LogP contribution in [0.25, 0.3) is 22.0 Å². The number of aryl methyl sites for hydroxylation is 1. The zero-order valence-electron chi connectivity index (χ0n) is 18.0. The van der Waals surface area contributed by atoms with E-state index in [9.17, 15) is 0 Å². The van der Waals surface area contributed by atoms with Crippen LogP contribution < -0.4 is 4.90 Å². The van der Waals surface area contributed by atoms with Gasteiger partial charge in [0.2, 0.25) is 0 Å². The van der Waals surface area contributed by atoms with Gasteiger partial charge in [0, 0.05) is 37.1 Å². The molecular weight excluding hydrogens is 413 g/mol. The lowest BCUT2D eigenvalue weighted by atomic mass is 10.0. The summed E-state index contributed by atoms with van der Waals surface area (Å²) in [5.41, 5.74) is 3.70. The summed E-state index contributed by atoms with van der Waals surface area (Å²) in [4.78, 5) is 10.1. The lowest BCUT2D eigenvalue weighted by Gasteiger charge is -2.35. The molecule has 2 heterocycles. The molecule has 0 saturated carbocycles. The Kier molecular flexibility index (Phi) is 9.41. The summed E-state index contributed by atoms with van der Waals surface area (Å²) in [7, 11) is 0. The molecule has 1 aliphatic heterocycles.